The molecule has 0 amide bonds. The van der Waals surface area contributed by atoms with Gasteiger partial charge in [-0.15, -0.1) is 0 Å². The second-order valence-corrected chi connectivity index (χ2v) is 4.23. The molecule has 0 saturated heterocycles. The zero-order valence-corrected chi connectivity index (χ0v) is 8.34. The fraction of sp³-hybridized carbons (Fsp3) is 0.667. The third-order valence-corrected chi connectivity index (χ3v) is 2.36. The molecule has 1 atom stereocenters. The fourth-order valence-corrected chi connectivity index (χ4v) is 2.03. The van der Waals surface area contributed by atoms with Gasteiger partial charge in [0.1, 0.15) is 4.28 Å². The van der Waals surface area contributed by atoms with E-state index in [9.17, 15) is 0 Å². The number of nitrogens with one attached hydrogen (secondary N) is 1. The summed E-state index contributed by atoms with van der Waals surface area (Å²) in [5, 5.41) is 3.09. The van der Waals surface area contributed by atoms with Crippen molar-refractivity contribution in [2.45, 2.75) is 25.1 Å². The highest BCUT2D eigenvalue weighted by molar-refractivity contribution is 9.11. The Labute approximate surface area is 69.4 Å². The van der Waals surface area contributed by atoms with Crippen LogP contribution in [0, 0.1) is 0 Å². The van der Waals surface area contributed by atoms with Crippen LogP contribution in [0.4, 0.5) is 0 Å². The third kappa shape index (κ3) is 3.87. The van der Waals surface area contributed by atoms with Crippen LogP contribution in [-0.2, 0) is 0 Å². The van der Waals surface area contributed by atoms with E-state index in [1.807, 2.05) is 20.0 Å². The highest BCUT2D eigenvalue weighted by Gasteiger charge is 2.07. The Morgan fingerprint density at radius 1 is 1.67 bits per heavy atom. The molecular weight excluding hydrogens is 198 g/mol. The molecule has 0 fully saturated rings. The summed E-state index contributed by atoms with van der Waals surface area (Å²) in [6.07, 6.45) is 2.00. The summed E-state index contributed by atoms with van der Waals surface area (Å²) in [6, 6.07) is 0. The molecule has 0 aromatic carbocycles. The minimum atomic E-state index is 0.410. The van der Waals surface area contributed by atoms with Crippen molar-refractivity contribution in [3.8, 4) is 0 Å². The molecule has 0 aliphatic carbocycles. The van der Waals surface area contributed by atoms with E-state index in [1.54, 1.807) is 11.8 Å². The largest absolute Gasteiger partial charge is 0.370 e. The molecule has 9 heavy (non-hydrogen) atoms. The van der Waals surface area contributed by atoms with Crippen LogP contribution >= 0.6 is 27.7 Å². The Kier molecular flexibility index (Phi) is 5.39. The molecule has 0 saturated carbocycles. The van der Waals surface area contributed by atoms with E-state index in [1.165, 1.54) is 4.91 Å². The summed E-state index contributed by atoms with van der Waals surface area (Å²) in [5.74, 6) is 0. The number of allylic oxidation sites excluding steroid dienone is 1. The van der Waals surface area contributed by atoms with Crippen LogP contribution in [0.5, 0.6) is 0 Å². The number of halogens is 1. The van der Waals surface area contributed by atoms with Crippen LogP contribution in [0.15, 0.2) is 11.1 Å². The van der Waals surface area contributed by atoms with Gasteiger partial charge in [-0.05, 0) is 6.92 Å². The first-order chi connectivity index (χ1) is 4.29. The molecule has 1 aliphatic rings. The number of alkyl halides is 1. The van der Waals surface area contributed by atoms with E-state index >= 15 is 0 Å². The van der Waals surface area contributed by atoms with Crippen molar-refractivity contribution < 1.29 is 0 Å². The molecule has 0 spiro atoms. The summed E-state index contributed by atoms with van der Waals surface area (Å²) in [7, 11) is 0. The molecule has 3 heteroatoms. The minimum Gasteiger partial charge on any atom is -0.370 e. The number of rotatable bonds is 0. The normalized spacial score (nSPS) is 23.6. The lowest BCUT2D eigenvalue weighted by Crippen LogP contribution is -2.05. The van der Waals surface area contributed by atoms with Gasteiger partial charge >= 0.3 is 0 Å². The molecule has 54 valence electrons. The van der Waals surface area contributed by atoms with Gasteiger partial charge in [0.15, 0.2) is 0 Å². The maximum absolute atomic E-state index is 3.38. The summed E-state index contributed by atoms with van der Waals surface area (Å²) in [4.78, 5) is 1.34. The Bertz CT molecular complexity index is 103. The summed E-state index contributed by atoms with van der Waals surface area (Å²) >= 11 is 5.17. The van der Waals surface area contributed by atoms with E-state index in [-0.39, 0.29) is 0 Å². The van der Waals surface area contributed by atoms with Gasteiger partial charge in [-0.25, -0.2) is 0 Å². The Morgan fingerprint density at radius 3 is 2.33 bits per heavy atom. The van der Waals surface area contributed by atoms with Gasteiger partial charge in [-0.3, -0.25) is 0 Å². The lowest BCUT2D eigenvalue weighted by atomic mass is 10.7. The molecule has 1 heterocycles. The zero-order chi connectivity index (χ0) is 7.28. The van der Waals surface area contributed by atoms with E-state index in [4.69, 9.17) is 0 Å². The van der Waals surface area contributed by atoms with Crippen molar-refractivity contribution in [1.29, 1.82) is 0 Å². The van der Waals surface area contributed by atoms with Gasteiger partial charge in [0.25, 0.3) is 0 Å². The maximum Gasteiger partial charge on any atom is 0.133 e. The van der Waals surface area contributed by atoms with Crippen LogP contribution in [-0.4, -0.2) is 4.28 Å². The first kappa shape index (κ1) is 9.37. The van der Waals surface area contributed by atoms with E-state index in [2.05, 4.69) is 28.2 Å². The molecule has 1 unspecified atom stereocenters. The van der Waals surface area contributed by atoms with Crippen molar-refractivity contribution >= 4 is 27.7 Å². The molecular formula is C6H12BrNS. The zero-order valence-electron chi connectivity index (χ0n) is 5.94. The smallest absolute Gasteiger partial charge is 0.133 e. The average molecular weight is 210 g/mol. The second-order valence-electron chi connectivity index (χ2n) is 1.36. The maximum atomic E-state index is 3.38. The lowest BCUT2D eigenvalue weighted by Gasteiger charge is -1.95. The fourth-order valence-electron chi connectivity index (χ4n) is 0.414. The van der Waals surface area contributed by atoms with Crippen LogP contribution < -0.4 is 5.32 Å². The van der Waals surface area contributed by atoms with E-state index in [0.29, 0.717) is 4.28 Å². The van der Waals surface area contributed by atoms with Crippen molar-refractivity contribution in [3.05, 3.63) is 11.1 Å². The number of thioether (sulfide) groups is 1. The molecule has 1 N–H and O–H groups in total. The minimum absolute atomic E-state index is 0.410. The topological polar surface area (TPSA) is 12.0 Å². The molecule has 1 nitrogen and oxygen atoms in total. The van der Waals surface area contributed by atoms with E-state index < -0.39 is 0 Å². The molecule has 0 radical (unpaired) electrons. The molecule has 1 aliphatic heterocycles. The van der Waals surface area contributed by atoms with Gasteiger partial charge in [0.05, 0.1) is 0 Å². The van der Waals surface area contributed by atoms with Crippen molar-refractivity contribution in [2.75, 3.05) is 0 Å². The Balaban J connectivity index is 0.000000291. The SMILES string of the molecule is CC.CC1=CNC(Br)S1. The van der Waals surface area contributed by atoms with Gasteiger partial charge in [-0.2, -0.15) is 0 Å². The second kappa shape index (κ2) is 5.18. The van der Waals surface area contributed by atoms with Crippen LogP contribution in [0.2, 0.25) is 0 Å². The Hall–Kier alpha value is 0.370. The molecule has 0 aromatic heterocycles. The Morgan fingerprint density at radius 2 is 2.22 bits per heavy atom. The summed E-state index contributed by atoms with van der Waals surface area (Å²) < 4.78 is 0.410. The lowest BCUT2D eigenvalue weighted by molar-refractivity contribution is 1.04. The predicted octanol–water partition coefficient (Wildman–Crippen LogP) is 2.89. The van der Waals surface area contributed by atoms with Crippen molar-refractivity contribution in [3.63, 3.8) is 0 Å². The predicted molar refractivity (Wildman–Crippen MR) is 48.5 cm³/mol. The van der Waals surface area contributed by atoms with Gasteiger partial charge in [-0.1, -0.05) is 41.5 Å². The number of hydrogen-bond acceptors (Lipinski definition) is 2. The standard InChI is InChI=1S/C4H6BrNS.C2H6/c1-3-2-6-4(5)7-3;1-2/h2,4,6H,1H3;1-2H3. The summed E-state index contributed by atoms with van der Waals surface area (Å²) in [5.41, 5.74) is 0. The van der Waals surface area contributed by atoms with Crippen LogP contribution in [0.3, 0.4) is 0 Å². The van der Waals surface area contributed by atoms with Crippen molar-refractivity contribution in [2.24, 2.45) is 0 Å². The van der Waals surface area contributed by atoms with E-state index in [0.717, 1.165) is 0 Å². The van der Waals surface area contributed by atoms with Gasteiger partial charge < -0.3 is 5.32 Å². The third-order valence-electron chi connectivity index (χ3n) is 0.707. The first-order valence-corrected chi connectivity index (χ1v) is 4.82. The molecule has 0 bridgehead atoms. The molecule has 0 aromatic rings. The van der Waals surface area contributed by atoms with Crippen molar-refractivity contribution in [1.82, 2.24) is 5.32 Å². The quantitative estimate of drug-likeness (QED) is 0.487. The summed E-state index contributed by atoms with van der Waals surface area (Å²) in [6.45, 7) is 6.08. The van der Waals surface area contributed by atoms with Gasteiger partial charge in [0.2, 0.25) is 0 Å². The monoisotopic (exact) mass is 209 g/mol. The molecule has 1 rings (SSSR count). The van der Waals surface area contributed by atoms with Gasteiger partial charge in [0, 0.05) is 11.1 Å². The highest BCUT2D eigenvalue weighted by Crippen LogP contribution is 2.27. The van der Waals surface area contributed by atoms with Crippen LogP contribution in [0.25, 0.3) is 0 Å². The number of hydrogen-bond donors (Lipinski definition) is 1. The van der Waals surface area contributed by atoms with Crippen LogP contribution in [0.1, 0.15) is 20.8 Å². The average Bonchev–Trinajstić information content (AvgIpc) is 2.20. The highest BCUT2D eigenvalue weighted by atomic mass is 79.9. The first-order valence-electron chi connectivity index (χ1n) is 3.02.